The second-order valence-electron chi connectivity index (χ2n) is 3.28. The molecule has 0 aromatic carbocycles. The normalized spacial score (nSPS) is 25.1. The van der Waals surface area contributed by atoms with Crippen LogP contribution < -0.4 is 0 Å². The van der Waals surface area contributed by atoms with Crippen molar-refractivity contribution in [3.63, 3.8) is 0 Å². The molecule has 0 aliphatic carbocycles. The van der Waals surface area contributed by atoms with Crippen molar-refractivity contribution < 1.29 is 0 Å². The molecule has 2 nitrogen and oxygen atoms in total. The fourth-order valence-corrected chi connectivity index (χ4v) is 1.70. The Kier molecular flexibility index (Phi) is 1.50. The molecular weight excluding hydrogens is 136 g/mol. The lowest BCUT2D eigenvalue weighted by atomic mass is 10.2. The molecule has 1 atom stereocenters. The van der Waals surface area contributed by atoms with E-state index in [1.54, 1.807) is 0 Å². The third-order valence-electron chi connectivity index (χ3n) is 2.65. The monoisotopic (exact) mass is 150 g/mol. The molecule has 0 bridgehead atoms. The molecule has 0 fully saturated rings. The Morgan fingerprint density at radius 2 is 2.27 bits per heavy atom. The van der Waals surface area contributed by atoms with Gasteiger partial charge in [-0.25, -0.2) is 0 Å². The molecule has 2 heteroatoms. The summed E-state index contributed by atoms with van der Waals surface area (Å²) in [7, 11) is 2.18. The number of aromatic nitrogens is 1. The lowest BCUT2D eigenvalue weighted by Crippen LogP contribution is -2.33. The van der Waals surface area contributed by atoms with E-state index in [-0.39, 0.29) is 0 Å². The molecule has 11 heavy (non-hydrogen) atoms. The molecule has 0 radical (unpaired) electrons. The van der Waals surface area contributed by atoms with Crippen LogP contribution in [0.5, 0.6) is 0 Å². The summed E-state index contributed by atoms with van der Waals surface area (Å²) in [6, 6.07) is 4.92. The van der Waals surface area contributed by atoms with Crippen molar-refractivity contribution >= 4 is 0 Å². The second-order valence-corrected chi connectivity index (χ2v) is 3.28. The Morgan fingerprint density at radius 1 is 1.45 bits per heavy atom. The summed E-state index contributed by atoms with van der Waals surface area (Å²) in [6.45, 7) is 4.57. The van der Waals surface area contributed by atoms with Crippen molar-refractivity contribution in [2.24, 2.45) is 0 Å². The lowest BCUT2D eigenvalue weighted by molar-refractivity contribution is 0.211. The maximum absolute atomic E-state index is 2.38. The lowest BCUT2D eigenvalue weighted by Gasteiger charge is -2.31. The van der Waals surface area contributed by atoms with Crippen LogP contribution in [0.3, 0.4) is 0 Å². The van der Waals surface area contributed by atoms with E-state index in [0.717, 1.165) is 6.54 Å². The van der Waals surface area contributed by atoms with Crippen molar-refractivity contribution in [3.05, 3.63) is 24.0 Å². The number of hydrogen-bond donors (Lipinski definition) is 0. The van der Waals surface area contributed by atoms with E-state index in [4.69, 9.17) is 0 Å². The van der Waals surface area contributed by atoms with E-state index in [9.17, 15) is 0 Å². The summed E-state index contributed by atoms with van der Waals surface area (Å²) >= 11 is 0. The molecule has 1 aliphatic heterocycles. The number of fused-ring (bicyclic) bond motifs is 1. The van der Waals surface area contributed by atoms with Gasteiger partial charge in [-0.3, -0.25) is 4.90 Å². The predicted molar refractivity (Wildman–Crippen MR) is 45.5 cm³/mol. The molecule has 2 rings (SSSR count). The highest BCUT2D eigenvalue weighted by atomic mass is 15.2. The topological polar surface area (TPSA) is 8.17 Å². The first-order valence-corrected chi connectivity index (χ1v) is 4.14. The first kappa shape index (κ1) is 6.92. The Bertz CT molecular complexity index is 252. The summed E-state index contributed by atoms with van der Waals surface area (Å²) in [6.07, 6.45) is 2.17. The second kappa shape index (κ2) is 2.38. The fourth-order valence-electron chi connectivity index (χ4n) is 1.70. The fraction of sp³-hybridized carbons (Fsp3) is 0.556. The molecule has 2 heterocycles. The van der Waals surface area contributed by atoms with Crippen LogP contribution in [0.1, 0.15) is 18.7 Å². The van der Waals surface area contributed by atoms with Crippen LogP contribution in [0.2, 0.25) is 0 Å². The van der Waals surface area contributed by atoms with Gasteiger partial charge >= 0.3 is 0 Å². The quantitative estimate of drug-likeness (QED) is 0.544. The Labute approximate surface area is 67.4 Å². The molecular formula is C9H14N2. The number of rotatable bonds is 0. The van der Waals surface area contributed by atoms with E-state index in [1.807, 2.05) is 0 Å². The third kappa shape index (κ3) is 0.979. The molecule has 0 saturated heterocycles. The minimum Gasteiger partial charge on any atom is -0.349 e. The molecule has 60 valence electrons. The van der Waals surface area contributed by atoms with Crippen LogP contribution in [0, 0.1) is 0 Å². The molecule has 1 aliphatic rings. The van der Waals surface area contributed by atoms with Crippen molar-refractivity contribution in [1.29, 1.82) is 0 Å². The van der Waals surface area contributed by atoms with Crippen LogP contribution >= 0.6 is 0 Å². The summed E-state index contributed by atoms with van der Waals surface area (Å²) in [5.41, 5.74) is 1.44. The zero-order valence-electron chi connectivity index (χ0n) is 7.12. The maximum atomic E-state index is 2.38. The SMILES string of the molecule is C[C@@H]1c2cccn2CCN1C. The van der Waals surface area contributed by atoms with Crippen molar-refractivity contribution in [1.82, 2.24) is 9.47 Å². The summed E-state index contributed by atoms with van der Waals surface area (Å²) in [4.78, 5) is 2.38. The van der Waals surface area contributed by atoms with Crippen LogP contribution in [-0.2, 0) is 6.54 Å². The molecule has 1 aromatic rings. The van der Waals surface area contributed by atoms with E-state index >= 15 is 0 Å². The first-order valence-electron chi connectivity index (χ1n) is 4.14. The summed E-state index contributed by atoms with van der Waals surface area (Å²) in [5.74, 6) is 0. The van der Waals surface area contributed by atoms with Gasteiger partial charge in [0.15, 0.2) is 0 Å². The van der Waals surface area contributed by atoms with Crippen LogP contribution in [0.15, 0.2) is 18.3 Å². The van der Waals surface area contributed by atoms with Gasteiger partial charge in [-0.1, -0.05) is 0 Å². The van der Waals surface area contributed by atoms with Crippen LogP contribution in [0.25, 0.3) is 0 Å². The van der Waals surface area contributed by atoms with Gasteiger partial charge in [-0.15, -0.1) is 0 Å². The number of likely N-dealkylation sites (N-methyl/N-ethyl adjacent to an activating group) is 1. The van der Waals surface area contributed by atoms with Crippen LogP contribution in [0.4, 0.5) is 0 Å². The minimum absolute atomic E-state index is 0.582. The molecule has 0 saturated carbocycles. The van der Waals surface area contributed by atoms with Crippen LogP contribution in [-0.4, -0.2) is 23.1 Å². The Hall–Kier alpha value is -0.760. The van der Waals surface area contributed by atoms with E-state index in [0.29, 0.717) is 6.04 Å². The van der Waals surface area contributed by atoms with Gasteiger partial charge in [0, 0.05) is 31.0 Å². The van der Waals surface area contributed by atoms with Gasteiger partial charge in [-0.2, -0.15) is 0 Å². The van der Waals surface area contributed by atoms with Gasteiger partial charge in [0.25, 0.3) is 0 Å². The predicted octanol–water partition coefficient (Wildman–Crippen LogP) is 1.49. The van der Waals surface area contributed by atoms with Gasteiger partial charge in [0.1, 0.15) is 0 Å². The van der Waals surface area contributed by atoms with Gasteiger partial charge in [0.2, 0.25) is 0 Å². The highest BCUT2D eigenvalue weighted by Crippen LogP contribution is 2.22. The van der Waals surface area contributed by atoms with Gasteiger partial charge in [-0.05, 0) is 26.1 Å². The van der Waals surface area contributed by atoms with E-state index in [1.165, 1.54) is 12.2 Å². The molecule has 0 N–H and O–H groups in total. The average molecular weight is 150 g/mol. The van der Waals surface area contributed by atoms with E-state index in [2.05, 4.69) is 41.8 Å². The Morgan fingerprint density at radius 3 is 3.09 bits per heavy atom. The zero-order valence-corrected chi connectivity index (χ0v) is 7.12. The number of nitrogens with zero attached hydrogens (tertiary/aromatic N) is 2. The average Bonchev–Trinajstić information content (AvgIpc) is 2.45. The molecule has 0 unspecified atom stereocenters. The van der Waals surface area contributed by atoms with Gasteiger partial charge < -0.3 is 4.57 Å². The standard InChI is InChI=1S/C9H14N2/c1-8-9-4-3-5-11(9)7-6-10(8)2/h3-5,8H,6-7H2,1-2H3/t8-/m1/s1. The van der Waals surface area contributed by atoms with Crippen molar-refractivity contribution in [2.45, 2.75) is 19.5 Å². The third-order valence-corrected chi connectivity index (χ3v) is 2.65. The maximum Gasteiger partial charge on any atom is 0.0469 e. The highest BCUT2D eigenvalue weighted by Gasteiger charge is 2.19. The van der Waals surface area contributed by atoms with Gasteiger partial charge in [0.05, 0.1) is 0 Å². The Balaban J connectivity index is 2.38. The molecule has 0 amide bonds. The van der Waals surface area contributed by atoms with Crippen molar-refractivity contribution in [2.75, 3.05) is 13.6 Å². The zero-order chi connectivity index (χ0) is 7.84. The summed E-state index contributed by atoms with van der Waals surface area (Å²) in [5, 5.41) is 0. The van der Waals surface area contributed by atoms with E-state index < -0.39 is 0 Å². The highest BCUT2D eigenvalue weighted by molar-refractivity contribution is 5.13. The molecule has 0 spiro atoms. The molecule has 1 aromatic heterocycles. The van der Waals surface area contributed by atoms with Crippen molar-refractivity contribution in [3.8, 4) is 0 Å². The smallest absolute Gasteiger partial charge is 0.0469 e. The first-order chi connectivity index (χ1) is 5.29. The number of hydrogen-bond acceptors (Lipinski definition) is 1. The summed E-state index contributed by atoms with van der Waals surface area (Å²) < 4.78 is 2.34. The minimum atomic E-state index is 0.582. The largest absolute Gasteiger partial charge is 0.349 e.